The van der Waals surface area contributed by atoms with Gasteiger partial charge in [0.15, 0.2) is 6.61 Å². The Morgan fingerprint density at radius 3 is 2.15 bits per heavy atom. The number of rotatable bonds is 7. The number of alkyl halides is 3. The highest BCUT2D eigenvalue weighted by Gasteiger charge is 2.30. The average Bonchev–Trinajstić information content (AvgIpc) is 2.60. The summed E-state index contributed by atoms with van der Waals surface area (Å²) >= 11 is 0. The van der Waals surface area contributed by atoms with Crippen LogP contribution in [0.25, 0.3) is 0 Å². The second kappa shape index (κ2) is 8.35. The highest BCUT2D eigenvalue weighted by Crippen LogP contribution is 2.17. The van der Waals surface area contributed by atoms with E-state index in [0.29, 0.717) is 0 Å². The molecule has 0 aliphatic rings. The summed E-state index contributed by atoms with van der Waals surface area (Å²) in [5, 5.41) is 2.43. The van der Waals surface area contributed by atoms with Gasteiger partial charge in [-0.25, -0.2) is 17.5 Å². The van der Waals surface area contributed by atoms with Crippen LogP contribution in [-0.4, -0.2) is 33.7 Å². The number of hydrogen-bond acceptors (Lipinski definition) is 4. The quantitative estimate of drug-likeness (QED) is 0.693. The zero-order chi connectivity index (χ0) is 20.1. The molecule has 0 aliphatic heterocycles. The van der Waals surface area contributed by atoms with Crippen molar-refractivity contribution in [1.82, 2.24) is 4.72 Å². The molecule has 0 heterocycles. The lowest BCUT2D eigenvalue weighted by atomic mass is 10.3. The van der Waals surface area contributed by atoms with Crippen molar-refractivity contribution < 1.29 is 35.5 Å². The number of amides is 1. The van der Waals surface area contributed by atoms with Crippen molar-refractivity contribution in [3.63, 3.8) is 0 Å². The van der Waals surface area contributed by atoms with Crippen molar-refractivity contribution >= 4 is 21.6 Å². The smallest absolute Gasteiger partial charge is 0.402 e. The molecule has 0 aliphatic carbocycles. The standard InChI is InChI=1S/C16H14F4N2O4S/c17-11-1-5-13(6-2-11)26-9-15(23)22-12-3-7-14(8-4-12)27(24,25)21-10-16(18,19)20/h1-8,21H,9-10H2,(H,22,23). The van der Waals surface area contributed by atoms with Crippen molar-refractivity contribution in [3.05, 3.63) is 54.3 Å². The number of benzene rings is 2. The molecule has 0 bridgehead atoms. The lowest BCUT2D eigenvalue weighted by Crippen LogP contribution is -2.33. The highest BCUT2D eigenvalue weighted by molar-refractivity contribution is 7.89. The summed E-state index contributed by atoms with van der Waals surface area (Å²) < 4.78 is 79.2. The van der Waals surface area contributed by atoms with Crippen LogP contribution < -0.4 is 14.8 Å². The summed E-state index contributed by atoms with van der Waals surface area (Å²) in [6, 6.07) is 9.56. The molecule has 6 nitrogen and oxygen atoms in total. The second-order valence-electron chi connectivity index (χ2n) is 5.25. The van der Waals surface area contributed by atoms with Gasteiger partial charge in [0.1, 0.15) is 18.1 Å². The van der Waals surface area contributed by atoms with Crippen molar-refractivity contribution in [2.45, 2.75) is 11.1 Å². The summed E-state index contributed by atoms with van der Waals surface area (Å²) in [5.41, 5.74) is 0.220. The van der Waals surface area contributed by atoms with E-state index < -0.39 is 34.5 Å². The minimum atomic E-state index is -4.68. The molecular weight excluding hydrogens is 392 g/mol. The van der Waals surface area contributed by atoms with Crippen LogP contribution in [0, 0.1) is 5.82 Å². The molecule has 0 aromatic heterocycles. The first kappa shape index (κ1) is 20.6. The fraction of sp³-hybridized carbons (Fsp3) is 0.188. The number of carbonyl (C=O) groups is 1. The topological polar surface area (TPSA) is 84.5 Å². The van der Waals surface area contributed by atoms with Gasteiger partial charge < -0.3 is 10.1 Å². The molecule has 2 aromatic carbocycles. The number of hydrogen-bond donors (Lipinski definition) is 2. The van der Waals surface area contributed by atoms with Crippen LogP contribution in [0.3, 0.4) is 0 Å². The number of nitrogens with one attached hydrogen (secondary N) is 2. The van der Waals surface area contributed by atoms with Crippen LogP contribution in [0.15, 0.2) is 53.4 Å². The third-order valence-corrected chi connectivity index (χ3v) is 4.51. The number of sulfonamides is 1. The minimum absolute atomic E-state index is 0.220. The van der Waals surface area contributed by atoms with Crippen LogP contribution in [0.4, 0.5) is 23.2 Å². The Labute approximate surface area is 152 Å². The monoisotopic (exact) mass is 406 g/mol. The maximum atomic E-state index is 12.8. The molecule has 1 amide bonds. The summed E-state index contributed by atoms with van der Waals surface area (Å²) in [6.07, 6.45) is -4.68. The third kappa shape index (κ3) is 6.87. The zero-order valence-electron chi connectivity index (χ0n) is 13.6. The van der Waals surface area contributed by atoms with Crippen LogP contribution in [-0.2, 0) is 14.8 Å². The van der Waals surface area contributed by atoms with E-state index in [9.17, 15) is 30.8 Å². The van der Waals surface area contributed by atoms with E-state index in [0.717, 1.165) is 12.1 Å². The summed E-state index contributed by atoms with van der Waals surface area (Å²) in [4.78, 5) is 11.4. The molecule has 0 fully saturated rings. The van der Waals surface area contributed by atoms with Gasteiger partial charge in [0.2, 0.25) is 10.0 Å². The van der Waals surface area contributed by atoms with E-state index in [4.69, 9.17) is 4.74 Å². The molecule has 0 unspecified atom stereocenters. The lowest BCUT2D eigenvalue weighted by Gasteiger charge is -2.10. The first-order valence-electron chi connectivity index (χ1n) is 7.40. The van der Waals surface area contributed by atoms with E-state index in [-0.39, 0.29) is 22.9 Å². The van der Waals surface area contributed by atoms with Crippen LogP contribution >= 0.6 is 0 Å². The SMILES string of the molecule is O=C(COc1ccc(F)cc1)Nc1ccc(S(=O)(=O)NCC(F)(F)F)cc1. The average molecular weight is 406 g/mol. The van der Waals surface area contributed by atoms with Gasteiger partial charge in [-0.05, 0) is 48.5 Å². The zero-order valence-corrected chi connectivity index (χ0v) is 14.4. The molecule has 27 heavy (non-hydrogen) atoms. The molecule has 2 rings (SSSR count). The van der Waals surface area contributed by atoms with Crippen LogP contribution in [0.2, 0.25) is 0 Å². The van der Waals surface area contributed by atoms with Gasteiger partial charge in [-0.2, -0.15) is 13.2 Å². The van der Waals surface area contributed by atoms with Gasteiger partial charge in [0, 0.05) is 5.69 Å². The van der Waals surface area contributed by atoms with Crippen molar-refractivity contribution in [3.8, 4) is 5.75 Å². The highest BCUT2D eigenvalue weighted by atomic mass is 32.2. The Morgan fingerprint density at radius 2 is 1.59 bits per heavy atom. The number of anilines is 1. The van der Waals surface area contributed by atoms with Crippen molar-refractivity contribution in [2.75, 3.05) is 18.5 Å². The maximum Gasteiger partial charge on any atom is 0.402 e. The van der Waals surface area contributed by atoms with Gasteiger partial charge in [-0.3, -0.25) is 4.79 Å². The predicted octanol–water partition coefficient (Wildman–Crippen LogP) is 2.68. The maximum absolute atomic E-state index is 12.8. The van der Waals surface area contributed by atoms with E-state index in [1.807, 2.05) is 0 Å². The molecular formula is C16H14F4N2O4S. The van der Waals surface area contributed by atoms with Crippen molar-refractivity contribution in [1.29, 1.82) is 0 Å². The second-order valence-corrected chi connectivity index (χ2v) is 7.02. The van der Waals surface area contributed by atoms with Gasteiger partial charge >= 0.3 is 6.18 Å². The fourth-order valence-electron chi connectivity index (χ4n) is 1.85. The summed E-state index contributed by atoms with van der Waals surface area (Å²) in [7, 11) is -4.33. The lowest BCUT2D eigenvalue weighted by molar-refractivity contribution is -0.121. The third-order valence-electron chi connectivity index (χ3n) is 3.09. The van der Waals surface area contributed by atoms with Crippen LogP contribution in [0.1, 0.15) is 0 Å². The normalized spacial score (nSPS) is 11.9. The predicted molar refractivity (Wildman–Crippen MR) is 88.2 cm³/mol. The number of ether oxygens (including phenoxy) is 1. The Balaban J connectivity index is 1.90. The first-order valence-corrected chi connectivity index (χ1v) is 8.88. The van der Waals surface area contributed by atoms with Crippen LogP contribution in [0.5, 0.6) is 5.75 Å². The molecule has 0 spiro atoms. The minimum Gasteiger partial charge on any atom is -0.484 e. The molecule has 146 valence electrons. The molecule has 0 saturated heterocycles. The molecule has 2 aromatic rings. The van der Waals surface area contributed by atoms with Gasteiger partial charge in [0.25, 0.3) is 5.91 Å². The van der Waals surface area contributed by atoms with E-state index >= 15 is 0 Å². The molecule has 0 radical (unpaired) electrons. The van der Waals surface area contributed by atoms with E-state index in [1.54, 1.807) is 0 Å². The largest absolute Gasteiger partial charge is 0.484 e. The van der Waals surface area contributed by atoms with Crippen molar-refractivity contribution in [2.24, 2.45) is 0 Å². The van der Waals surface area contributed by atoms with E-state index in [2.05, 4.69) is 5.32 Å². The molecule has 0 saturated carbocycles. The van der Waals surface area contributed by atoms with E-state index in [1.165, 1.54) is 41.1 Å². The first-order chi connectivity index (χ1) is 12.5. The molecule has 0 atom stereocenters. The van der Waals surface area contributed by atoms with Gasteiger partial charge in [0.05, 0.1) is 4.90 Å². The number of carbonyl (C=O) groups excluding carboxylic acids is 1. The Hall–Kier alpha value is -2.66. The summed E-state index contributed by atoms with van der Waals surface area (Å²) in [6.45, 7) is -2.06. The molecule has 2 N–H and O–H groups in total. The van der Waals surface area contributed by atoms with Gasteiger partial charge in [-0.1, -0.05) is 0 Å². The van der Waals surface area contributed by atoms with Gasteiger partial charge in [-0.15, -0.1) is 0 Å². The fourth-order valence-corrected chi connectivity index (χ4v) is 2.87. The molecule has 11 heteroatoms. The number of halogens is 4. The summed E-state index contributed by atoms with van der Waals surface area (Å²) in [5.74, 6) is -0.736. The Kier molecular flexibility index (Phi) is 6.39. The Bertz CT molecular complexity index is 882. The Morgan fingerprint density at radius 1 is 1.00 bits per heavy atom.